The summed E-state index contributed by atoms with van der Waals surface area (Å²) >= 11 is 11.9. The topological polar surface area (TPSA) is 49.8 Å². The lowest BCUT2D eigenvalue weighted by Crippen LogP contribution is -2.15. The van der Waals surface area contributed by atoms with E-state index in [9.17, 15) is 0 Å². The van der Waals surface area contributed by atoms with Gasteiger partial charge in [-0.05, 0) is 38.5 Å². The number of halogens is 2. The summed E-state index contributed by atoms with van der Waals surface area (Å²) in [4.78, 5) is 8.76. The minimum Gasteiger partial charge on any atom is -0.367 e. The van der Waals surface area contributed by atoms with Gasteiger partial charge in [0.05, 0.1) is 10.0 Å². The zero-order valence-corrected chi connectivity index (χ0v) is 13.8. The van der Waals surface area contributed by atoms with Crippen molar-refractivity contribution in [3.8, 4) is 0 Å². The molecule has 1 aromatic heterocycles. The van der Waals surface area contributed by atoms with E-state index >= 15 is 0 Å². The lowest BCUT2D eigenvalue weighted by molar-refractivity contribution is 0.757. The molecule has 1 aromatic carbocycles. The van der Waals surface area contributed by atoms with E-state index in [1.165, 1.54) is 0 Å². The van der Waals surface area contributed by atoms with Crippen LogP contribution in [0.25, 0.3) is 0 Å². The maximum absolute atomic E-state index is 6.01. The van der Waals surface area contributed by atoms with Gasteiger partial charge in [-0.15, -0.1) is 0 Å². The van der Waals surface area contributed by atoms with E-state index in [0.717, 1.165) is 17.9 Å². The molecule has 0 saturated carbocycles. The van der Waals surface area contributed by atoms with Crippen LogP contribution in [0.4, 0.5) is 17.3 Å². The third-order valence-corrected chi connectivity index (χ3v) is 3.78. The van der Waals surface area contributed by atoms with E-state index < -0.39 is 0 Å². The Balaban J connectivity index is 2.21. The minimum absolute atomic E-state index is 0.358. The summed E-state index contributed by atoms with van der Waals surface area (Å²) < 4.78 is 0. The smallest absolute Gasteiger partial charge is 0.136 e. The number of anilines is 3. The number of aryl methyl sites for hydroxylation is 1. The molecule has 0 saturated heterocycles. The molecule has 112 valence electrons. The van der Waals surface area contributed by atoms with Crippen molar-refractivity contribution in [1.82, 2.24) is 9.97 Å². The molecular weight excluding hydrogens is 307 g/mol. The maximum atomic E-state index is 6.01. The molecule has 0 aliphatic rings. The predicted molar refractivity (Wildman–Crippen MR) is 89.9 cm³/mol. The van der Waals surface area contributed by atoms with Crippen molar-refractivity contribution < 1.29 is 0 Å². The molecule has 1 heterocycles. The van der Waals surface area contributed by atoms with Crippen molar-refractivity contribution in [3.63, 3.8) is 0 Å². The highest BCUT2D eigenvalue weighted by molar-refractivity contribution is 6.42. The fourth-order valence-electron chi connectivity index (χ4n) is 1.78. The van der Waals surface area contributed by atoms with Gasteiger partial charge in [-0.25, -0.2) is 9.97 Å². The van der Waals surface area contributed by atoms with Crippen molar-refractivity contribution >= 4 is 40.5 Å². The van der Waals surface area contributed by atoms with Gasteiger partial charge in [-0.3, -0.25) is 0 Å². The molecule has 1 unspecified atom stereocenters. The Hall–Kier alpha value is -1.52. The highest BCUT2D eigenvalue weighted by Gasteiger charge is 2.06. The minimum atomic E-state index is 0.358. The van der Waals surface area contributed by atoms with Crippen LogP contribution in [0.5, 0.6) is 0 Å². The lowest BCUT2D eigenvalue weighted by atomic mass is 10.2. The van der Waals surface area contributed by atoms with E-state index in [1.807, 2.05) is 19.1 Å². The fraction of sp³-hybridized carbons (Fsp3) is 0.333. The van der Waals surface area contributed by atoms with Gasteiger partial charge in [0.15, 0.2) is 0 Å². The average Bonchev–Trinajstić information content (AvgIpc) is 2.42. The summed E-state index contributed by atoms with van der Waals surface area (Å²) in [6.45, 7) is 6.10. The molecule has 2 rings (SSSR count). The summed E-state index contributed by atoms with van der Waals surface area (Å²) in [6, 6.07) is 7.61. The van der Waals surface area contributed by atoms with Gasteiger partial charge in [-0.2, -0.15) is 0 Å². The first-order valence-electron chi connectivity index (χ1n) is 6.82. The maximum Gasteiger partial charge on any atom is 0.136 e. The van der Waals surface area contributed by atoms with Crippen molar-refractivity contribution in [3.05, 3.63) is 40.1 Å². The summed E-state index contributed by atoms with van der Waals surface area (Å²) in [6.07, 6.45) is 1.03. The van der Waals surface area contributed by atoms with Gasteiger partial charge in [0.1, 0.15) is 17.5 Å². The molecule has 0 fully saturated rings. The molecule has 0 spiro atoms. The van der Waals surface area contributed by atoms with Crippen LogP contribution in [0.3, 0.4) is 0 Å². The molecule has 21 heavy (non-hydrogen) atoms. The van der Waals surface area contributed by atoms with Crippen LogP contribution in [0.1, 0.15) is 26.1 Å². The van der Waals surface area contributed by atoms with Crippen molar-refractivity contribution in [2.24, 2.45) is 0 Å². The molecule has 0 aliphatic heterocycles. The first-order valence-corrected chi connectivity index (χ1v) is 7.58. The highest BCUT2D eigenvalue weighted by atomic mass is 35.5. The number of hydrogen-bond acceptors (Lipinski definition) is 4. The number of aromatic nitrogens is 2. The van der Waals surface area contributed by atoms with E-state index in [0.29, 0.717) is 27.7 Å². The molecule has 6 heteroatoms. The summed E-state index contributed by atoms with van der Waals surface area (Å²) in [7, 11) is 0. The summed E-state index contributed by atoms with van der Waals surface area (Å²) in [5.41, 5.74) is 0.831. The van der Waals surface area contributed by atoms with Crippen molar-refractivity contribution in [2.45, 2.75) is 33.2 Å². The molecule has 2 N–H and O–H groups in total. The van der Waals surface area contributed by atoms with Crippen molar-refractivity contribution in [1.29, 1.82) is 0 Å². The second kappa shape index (κ2) is 6.96. The van der Waals surface area contributed by atoms with Crippen LogP contribution < -0.4 is 10.6 Å². The average molecular weight is 325 g/mol. The predicted octanol–water partition coefficient (Wildman–Crippen LogP) is 5.05. The molecule has 1 atom stereocenters. The Morgan fingerprint density at radius 1 is 1.10 bits per heavy atom. The molecule has 0 radical (unpaired) electrons. The number of hydrogen-bond donors (Lipinski definition) is 2. The van der Waals surface area contributed by atoms with Gasteiger partial charge in [0, 0.05) is 17.8 Å². The number of benzene rings is 1. The van der Waals surface area contributed by atoms with Gasteiger partial charge < -0.3 is 10.6 Å². The Morgan fingerprint density at radius 3 is 2.48 bits per heavy atom. The molecule has 4 nitrogen and oxygen atoms in total. The Labute approximate surface area is 134 Å². The third-order valence-electron chi connectivity index (χ3n) is 3.04. The van der Waals surface area contributed by atoms with Crippen molar-refractivity contribution in [2.75, 3.05) is 10.6 Å². The fourth-order valence-corrected chi connectivity index (χ4v) is 2.08. The van der Waals surface area contributed by atoms with Crippen LogP contribution in [0.15, 0.2) is 24.3 Å². The number of rotatable bonds is 5. The molecule has 2 aromatic rings. The van der Waals surface area contributed by atoms with Gasteiger partial charge in [0.2, 0.25) is 0 Å². The SMILES string of the molecule is CCC(C)Nc1cc(Nc2ccc(Cl)c(Cl)c2)nc(C)n1. The largest absolute Gasteiger partial charge is 0.367 e. The zero-order chi connectivity index (χ0) is 15.4. The third kappa shape index (κ3) is 4.48. The second-order valence-electron chi connectivity index (χ2n) is 4.89. The zero-order valence-electron chi connectivity index (χ0n) is 12.2. The number of nitrogens with one attached hydrogen (secondary N) is 2. The van der Waals surface area contributed by atoms with E-state index in [1.54, 1.807) is 12.1 Å². The summed E-state index contributed by atoms with van der Waals surface area (Å²) in [5, 5.41) is 7.58. The van der Waals surface area contributed by atoms with Crippen LogP contribution in [-0.4, -0.2) is 16.0 Å². The van der Waals surface area contributed by atoms with Gasteiger partial charge in [0.25, 0.3) is 0 Å². The normalized spacial score (nSPS) is 12.0. The number of nitrogens with zero attached hydrogens (tertiary/aromatic N) is 2. The first-order chi connectivity index (χ1) is 9.97. The van der Waals surface area contributed by atoms with E-state index in [2.05, 4.69) is 34.4 Å². The van der Waals surface area contributed by atoms with E-state index in [-0.39, 0.29) is 0 Å². The quantitative estimate of drug-likeness (QED) is 0.808. The Morgan fingerprint density at radius 2 is 1.81 bits per heavy atom. The molecule has 0 amide bonds. The molecular formula is C15H18Cl2N4. The Bertz CT molecular complexity index is 631. The first kappa shape index (κ1) is 15.9. The van der Waals surface area contributed by atoms with Crippen LogP contribution >= 0.6 is 23.2 Å². The second-order valence-corrected chi connectivity index (χ2v) is 5.71. The van der Waals surface area contributed by atoms with Gasteiger partial charge in [-0.1, -0.05) is 30.1 Å². The monoisotopic (exact) mass is 324 g/mol. The van der Waals surface area contributed by atoms with Gasteiger partial charge >= 0.3 is 0 Å². The Kier molecular flexibility index (Phi) is 5.26. The molecule has 0 bridgehead atoms. The summed E-state index contributed by atoms with van der Waals surface area (Å²) in [5.74, 6) is 2.22. The standard InChI is InChI=1S/C15H18Cl2N4/c1-4-9(2)18-14-8-15(20-10(3)19-14)21-11-5-6-12(16)13(17)7-11/h5-9H,4H2,1-3H3,(H2,18,19,20,21). The highest BCUT2D eigenvalue weighted by Crippen LogP contribution is 2.27. The molecule has 0 aliphatic carbocycles. The van der Waals surface area contributed by atoms with E-state index in [4.69, 9.17) is 23.2 Å². The lowest BCUT2D eigenvalue weighted by Gasteiger charge is -2.14. The van der Waals surface area contributed by atoms with Crippen LogP contribution in [0.2, 0.25) is 10.0 Å². The van der Waals surface area contributed by atoms with Crippen LogP contribution in [0, 0.1) is 6.92 Å². The van der Waals surface area contributed by atoms with Crippen LogP contribution in [-0.2, 0) is 0 Å².